The van der Waals surface area contributed by atoms with Gasteiger partial charge in [0.1, 0.15) is 12.1 Å². The monoisotopic (exact) mass is 299 g/mol. The lowest BCUT2D eigenvalue weighted by Crippen LogP contribution is -2.33. The molecular weight excluding hydrogens is 285 g/mol. The predicted octanol–water partition coefficient (Wildman–Crippen LogP) is 3.00. The van der Waals surface area contributed by atoms with Crippen LogP contribution in [0.15, 0.2) is 22.7 Å². The topological polar surface area (TPSA) is 20.3 Å². The molecule has 1 saturated heterocycles. The summed E-state index contributed by atoms with van der Waals surface area (Å²) in [5, 5.41) is 0. The number of hydrogen-bond acceptors (Lipinski definition) is 2. The normalized spacial score (nSPS) is 18.2. The minimum Gasteiger partial charge on any atom is -0.303 e. The van der Waals surface area contributed by atoms with Crippen molar-refractivity contribution >= 4 is 22.2 Å². The second kappa shape index (κ2) is 5.74. The van der Waals surface area contributed by atoms with Crippen LogP contribution in [-0.4, -0.2) is 24.3 Å². The number of piperidine rings is 1. The summed E-state index contributed by atoms with van der Waals surface area (Å²) < 4.78 is 14.0. The molecule has 2 nitrogen and oxygen atoms in total. The Labute approximate surface area is 109 Å². The summed E-state index contributed by atoms with van der Waals surface area (Å²) in [5.41, 5.74) is 0.974. The van der Waals surface area contributed by atoms with Crippen molar-refractivity contribution in [3.8, 4) is 0 Å². The molecule has 0 saturated carbocycles. The average Bonchev–Trinajstić information content (AvgIpc) is 2.28. The molecule has 1 aromatic rings. The number of halogens is 2. The maximum Gasteiger partial charge on any atom is 0.124 e. The van der Waals surface area contributed by atoms with Crippen molar-refractivity contribution in [2.45, 2.75) is 19.4 Å². The van der Waals surface area contributed by atoms with Gasteiger partial charge in [0.2, 0.25) is 0 Å². The van der Waals surface area contributed by atoms with Crippen LogP contribution in [0.5, 0.6) is 0 Å². The number of rotatable bonds is 3. The van der Waals surface area contributed by atoms with Gasteiger partial charge in [-0.15, -0.1) is 0 Å². The molecule has 0 atom stereocenters. The van der Waals surface area contributed by atoms with E-state index in [1.54, 1.807) is 6.07 Å². The minimum absolute atomic E-state index is 0.211. The predicted molar refractivity (Wildman–Crippen MR) is 68.2 cm³/mol. The van der Waals surface area contributed by atoms with Gasteiger partial charge in [-0.05, 0) is 49.7 Å². The Balaban J connectivity index is 1.95. The standard InChI is InChI=1S/C13H15BrFNO/c14-12-5-11(6-13(15)7-12)8-16-3-1-10(9-17)2-4-16/h5-7,9-10H,1-4,8H2. The second-order valence-corrected chi connectivity index (χ2v) is 5.44. The number of carbonyl (C=O) groups is 1. The van der Waals surface area contributed by atoms with Crippen molar-refractivity contribution in [1.82, 2.24) is 4.90 Å². The van der Waals surface area contributed by atoms with Crippen molar-refractivity contribution < 1.29 is 9.18 Å². The second-order valence-electron chi connectivity index (χ2n) is 4.53. The first-order chi connectivity index (χ1) is 8.17. The lowest BCUT2D eigenvalue weighted by molar-refractivity contribution is -0.112. The Morgan fingerprint density at radius 1 is 1.35 bits per heavy atom. The van der Waals surface area contributed by atoms with Gasteiger partial charge in [0.05, 0.1) is 0 Å². The molecule has 1 heterocycles. The molecule has 0 N–H and O–H groups in total. The molecule has 1 aliphatic heterocycles. The third-order valence-electron chi connectivity index (χ3n) is 3.15. The molecule has 1 fully saturated rings. The molecule has 0 aromatic heterocycles. The molecule has 0 spiro atoms. The Kier molecular flexibility index (Phi) is 4.29. The number of carbonyl (C=O) groups excluding carboxylic acids is 1. The molecule has 17 heavy (non-hydrogen) atoms. The Hall–Kier alpha value is -0.740. The molecule has 0 aliphatic carbocycles. The molecule has 0 amide bonds. The van der Waals surface area contributed by atoms with Crippen LogP contribution in [0.25, 0.3) is 0 Å². The zero-order valence-electron chi connectivity index (χ0n) is 9.53. The van der Waals surface area contributed by atoms with Crippen molar-refractivity contribution in [3.63, 3.8) is 0 Å². The van der Waals surface area contributed by atoms with E-state index in [4.69, 9.17) is 0 Å². The fourth-order valence-electron chi connectivity index (χ4n) is 2.21. The van der Waals surface area contributed by atoms with Crippen molar-refractivity contribution in [3.05, 3.63) is 34.1 Å². The quantitative estimate of drug-likeness (QED) is 0.800. The highest BCUT2D eigenvalue weighted by atomic mass is 79.9. The van der Waals surface area contributed by atoms with Gasteiger partial charge in [-0.25, -0.2) is 4.39 Å². The van der Waals surface area contributed by atoms with E-state index in [0.29, 0.717) is 0 Å². The molecule has 2 rings (SSSR count). The summed E-state index contributed by atoms with van der Waals surface area (Å²) in [4.78, 5) is 12.9. The molecular formula is C13H15BrFNO. The van der Waals surface area contributed by atoms with Crippen LogP contribution >= 0.6 is 15.9 Å². The van der Waals surface area contributed by atoms with Crippen LogP contribution in [-0.2, 0) is 11.3 Å². The summed E-state index contributed by atoms with van der Waals surface area (Å²) in [7, 11) is 0. The third kappa shape index (κ3) is 3.61. The smallest absolute Gasteiger partial charge is 0.124 e. The van der Waals surface area contributed by atoms with Crippen molar-refractivity contribution in [1.29, 1.82) is 0 Å². The van der Waals surface area contributed by atoms with Crippen molar-refractivity contribution in [2.24, 2.45) is 5.92 Å². The number of likely N-dealkylation sites (tertiary alicyclic amines) is 1. The first-order valence-corrected chi connectivity index (χ1v) is 6.59. The van der Waals surface area contributed by atoms with E-state index in [0.717, 1.165) is 48.8 Å². The molecule has 0 unspecified atom stereocenters. The summed E-state index contributed by atoms with van der Waals surface area (Å²) in [5.74, 6) is 0.00245. The highest BCUT2D eigenvalue weighted by Gasteiger charge is 2.18. The fourth-order valence-corrected chi connectivity index (χ4v) is 2.72. The third-order valence-corrected chi connectivity index (χ3v) is 3.61. The fraction of sp³-hybridized carbons (Fsp3) is 0.462. The van der Waals surface area contributed by atoms with E-state index >= 15 is 0 Å². The number of benzene rings is 1. The largest absolute Gasteiger partial charge is 0.303 e. The van der Waals surface area contributed by atoms with Gasteiger partial charge in [-0.2, -0.15) is 0 Å². The van der Waals surface area contributed by atoms with E-state index in [9.17, 15) is 9.18 Å². The van der Waals surface area contributed by atoms with Gasteiger partial charge in [0.25, 0.3) is 0 Å². The van der Waals surface area contributed by atoms with E-state index < -0.39 is 0 Å². The summed E-state index contributed by atoms with van der Waals surface area (Å²) in [6.45, 7) is 2.58. The molecule has 0 bridgehead atoms. The van der Waals surface area contributed by atoms with E-state index in [2.05, 4.69) is 20.8 Å². The van der Waals surface area contributed by atoms with Crippen LogP contribution in [0.4, 0.5) is 4.39 Å². The Bertz CT molecular complexity index is 382. The Morgan fingerprint density at radius 3 is 2.65 bits per heavy atom. The lowest BCUT2D eigenvalue weighted by Gasteiger charge is -2.29. The van der Waals surface area contributed by atoms with E-state index in [-0.39, 0.29) is 11.7 Å². The summed E-state index contributed by atoms with van der Waals surface area (Å²) in [6, 6.07) is 4.97. The molecule has 1 aromatic carbocycles. The van der Waals surface area contributed by atoms with Gasteiger partial charge >= 0.3 is 0 Å². The lowest BCUT2D eigenvalue weighted by atomic mass is 9.98. The first-order valence-electron chi connectivity index (χ1n) is 5.80. The van der Waals surface area contributed by atoms with Crippen LogP contribution in [0.2, 0.25) is 0 Å². The first kappa shape index (κ1) is 12.7. The van der Waals surface area contributed by atoms with Gasteiger partial charge < -0.3 is 4.79 Å². The summed E-state index contributed by atoms with van der Waals surface area (Å²) in [6.07, 6.45) is 2.89. The molecule has 1 aliphatic rings. The van der Waals surface area contributed by atoms with Crippen LogP contribution in [0.1, 0.15) is 18.4 Å². The van der Waals surface area contributed by atoms with Crippen LogP contribution < -0.4 is 0 Å². The number of aldehydes is 1. The van der Waals surface area contributed by atoms with Crippen LogP contribution in [0.3, 0.4) is 0 Å². The van der Waals surface area contributed by atoms with E-state index in [1.807, 2.05) is 6.07 Å². The molecule has 4 heteroatoms. The van der Waals surface area contributed by atoms with Gasteiger partial charge in [-0.3, -0.25) is 4.90 Å². The van der Waals surface area contributed by atoms with Crippen LogP contribution in [0, 0.1) is 11.7 Å². The SMILES string of the molecule is O=CC1CCN(Cc2cc(F)cc(Br)c2)CC1. The maximum absolute atomic E-state index is 13.2. The minimum atomic E-state index is -0.211. The zero-order chi connectivity index (χ0) is 12.3. The van der Waals surface area contributed by atoms with Crippen molar-refractivity contribution in [2.75, 3.05) is 13.1 Å². The van der Waals surface area contributed by atoms with Gasteiger partial charge in [0, 0.05) is 16.9 Å². The summed E-state index contributed by atoms with van der Waals surface area (Å²) >= 11 is 3.29. The molecule has 92 valence electrons. The van der Waals surface area contributed by atoms with Gasteiger partial charge in [-0.1, -0.05) is 15.9 Å². The average molecular weight is 300 g/mol. The highest BCUT2D eigenvalue weighted by Crippen LogP contribution is 2.20. The Morgan fingerprint density at radius 2 is 2.06 bits per heavy atom. The number of hydrogen-bond donors (Lipinski definition) is 0. The number of nitrogens with zero attached hydrogens (tertiary/aromatic N) is 1. The maximum atomic E-state index is 13.2. The zero-order valence-corrected chi connectivity index (χ0v) is 11.1. The van der Waals surface area contributed by atoms with Gasteiger partial charge in [0.15, 0.2) is 0 Å². The molecule has 0 radical (unpaired) electrons. The van der Waals surface area contributed by atoms with E-state index in [1.165, 1.54) is 6.07 Å². The highest BCUT2D eigenvalue weighted by molar-refractivity contribution is 9.10.